The largest absolute Gasteiger partial charge is 0.447 e. The summed E-state index contributed by atoms with van der Waals surface area (Å²) in [6.45, 7) is 5.20. The van der Waals surface area contributed by atoms with Crippen LogP contribution < -0.4 is 0 Å². The summed E-state index contributed by atoms with van der Waals surface area (Å²) in [4.78, 5) is 38.7. The van der Waals surface area contributed by atoms with Gasteiger partial charge in [0.1, 0.15) is 6.61 Å². The number of rotatable bonds is 2. The van der Waals surface area contributed by atoms with Crippen molar-refractivity contribution in [3.63, 3.8) is 0 Å². The van der Waals surface area contributed by atoms with E-state index < -0.39 is 17.4 Å². The zero-order valence-electron chi connectivity index (χ0n) is 14.3. The molecule has 3 aliphatic rings. The fourth-order valence-corrected chi connectivity index (χ4v) is 4.02. The number of imide groups is 1. The molecule has 3 heterocycles. The Hall–Kier alpha value is -2.41. The smallest absolute Gasteiger partial charge is 0.416 e. The molecule has 1 aromatic carbocycles. The van der Waals surface area contributed by atoms with Crippen LogP contribution in [0.25, 0.3) is 0 Å². The van der Waals surface area contributed by atoms with Crippen LogP contribution in [0.4, 0.5) is 4.79 Å². The molecule has 1 aromatic rings. The Balaban J connectivity index is 1.70. The van der Waals surface area contributed by atoms with Crippen LogP contribution in [0.1, 0.15) is 25.5 Å². The number of carbonyl (C=O) groups excluding carboxylic acids is 3. The maximum Gasteiger partial charge on any atom is 0.416 e. The summed E-state index contributed by atoms with van der Waals surface area (Å²) in [7, 11) is 0. The normalized spacial score (nSPS) is 28.4. The highest BCUT2D eigenvalue weighted by atomic mass is 16.6. The minimum Gasteiger partial charge on any atom is -0.447 e. The molecule has 0 N–H and O–H groups in total. The van der Waals surface area contributed by atoms with Gasteiger partial charge in [-0.15, -0.1) is 0 Å². The van der Waals surface area contributed by atoms with Gasteiger partial charge in [-0.05, 0) is 19.4 Å². The fourth-order valence-electron chi connectivity index (χ4n) is 4.02. The van der Waals surface area contributed by atoms with Crippen LogP contribution in [0.15, 0.2) is 30.3 Å². The zero-order chi connectivity index (χ0) is 17.8. The Morgan fingerprint density at radius 3 is 2.56 bits per heavy atom. The van der Waals surface area contributed by atoms with Crippen LogP contribution in [0, 0.1) is 11.3 Å². The molecule has 7 heteroatoms. The average molecular weight is 343 g/mol. The van der Waals surface area contributed by atoms with Gasteiger partial charge in [-0.2, -0.15) is 0 Å². The molecule has 0 aliphatic carbocycles. The predicted molar refractivity (Wildman–Crippen MR) is 87.9 cm³/mol. The van der Waals surface area contributed by atoms with Crippen molar-refractivity contribution < 1.29 is 19.1 Å². The summed E-state index contributed by atoms with van der Waals surface area (Å²) < 4.78 is 4.91. The lowest BCUT2D eigenvalue weighted by molar-refractivity contribution is -0.139. The third-order valence-electron chi connectivity index (χ3n) is 5.24. The van der Waals surface area contributed by atoms with Gasteiger partial charge in [-0.3, -0.25) is 14.6 Å². The van der Waals surface area contributed by atoms with Crippen LogP contribution in [0.2, 0.25) is 0 Å². The van der Waals surface area contributed by atoms with Gasteiger partial charge in [0, 0.05) is 6.54 Å². The average Bonchev–Trinajstić information content (AvgIpc) is 3.23. The van der Waals surface area contributed by atoms with Gasteiger partial charge < -0.3 is 4.74 Å². The molecule has 3 amide bonds. The Labute approximate surface area is 146 Å². The third kappa shape index (κ3) is 2.41. The number of hydrazine groups is 1. The minimum absolute atomic E-state index is 0.0210. The van der Waals surface area contributed by atoms with Crippen molar-refractivity contribution in [2.75, 3.05) is 26.2 Å². The molecule has 0 saturated carbocycles. The van der Waals surface area contributed by atoms with Crippen molar-refractivity contribution in [3.05, 3.63) is 35.9 Å². The molecule has 25 heavy (non-hydrogen) atoms. The number of benzene rings is 1. The molecule has 2 atom stereocenters. The Bertz CT molecular complexity index is 733. The van der Waals surface area contributed by atoms with Gasteiger partial charge in [0.2, 0.25) is 11.8 Å². The highest BCUT2D eigenvalue weighted by molar-refractivity contribution is 5.95. The Morgan fingerprint density at radius 1 is 1.20 bits per heavy atom. The highest BCUT2D eigenvalue weighted by Crippen LogP contribution is 2.45. The lowest BCUT2D eigenvalue weighted by Crippen LogP contribution is -2.41. The van der Waals surface area contributed by atoms with E-state index in [9.17, 15) is 14.4 Å². The van der Waals surface area contributed by atoms with E-state index >= 15 is 0 Å². The molecule has 3 aliphatic heterocycles. The number of fused-ring (bicyclic) bond motifs is 1. The first kappa shape index (κ1) is 16.1. The van der Waals surface area contributed by atoms with Crippen molar-refractivity contribution in [3.8, 4) is 0 Å². The first-order chi connectivity index (χ1) is 11.9. The summed E-state index contributed by atoms with van der Waals surface area (Å²) in [5, 5.41) is 3.67. The fraction of sp³-hybridized carbons (Fsp3) is 0.500. The van der Waals surface area contributed by atoms with E-state index in [2.05, 4.69) is 0 Å². The van der Waals surface area contributed by atoms with E-state index in [1.165, 1.54) is 4.90 Å². The zero-order valence-corrected chi connectivity index (χ0v) is 14.3. The minimum atomic E-state index is -0.592. The van der Waals surface area contributed by atoms with Crippen LogP contribution in [0.5, 0.6) is 0 Å². The Morgan fingerprint density at radius 2 is 1.92 bits per heavy atom. The van der Waals surface area contributed by atoms with Crippen LogP contribution in [0.3, 0.4) is 0 Å². The van der Waals surface area contributed by atoms with Crippen molar-refractivity contribution >= 4 is 17.9 Å². The number of ether oxygens (including phenoxy) is 1. The second-order valence-corrected chi connectivity index (χ2v) is 7.43. The molecular weight excluding hydrogens is 322 g/mol. The van der Waals surface area contributed by atoms with Gasteiger partial charge in [-0.25, -0.2) is 14.7 Å². The number of hydrogen-bond donors (Lipinski definition) is 0. The van der Waals surface area contributed by atoms with E-state index in [4.69, 9.17) is 4.74 Å². The van der Waals surface area contributed by atoms with E-state index in [1.807, 2.05) is 49.2 Å². The molecule has 0 aromatic heterocycles. The standard InChI is InChI=1S/C18H21N3O4/c1-18(2)11-21-14(12-6-4-3-5-7-12)13(10-20(21)16(18)23)15(22)19-8-9-25-17(19)24/h3-7,13-14H,8-11H2,1-2H3/t13-,14+/m0/s1. The maximum absolute atomic E-state index is 13.0. The van der Waals surface area contributed by atoms with Crippen LogP contribution in [-0.2, 0) is 14.3 Å². The summed E-state index contributed by atoms with van der Waals surface area (Å²) in [6.07, 6.45) is -0.592. The molecule has 7 nitrogen and oxygen atoms in total. The molecule has 3 fully saturated rings. The number of carbonyl (C=O) groups is 3. The number of cyclic esters (lactones) is 1. The summed E-state index contributed by atoms with van der Waals surface area (Å²) >= 11 is 0. The molecule has 0 radical (unpaired) electrons. The third-order valence-corrected chi connectivity index (χ3v) is 5.24. The molecular formula is C18H21N3O4. The lowest BCUT2D eigenvalue weighted by Gasteiger charge is -2.28. The number of hydrogen-bond acceptors (Lipinski definition) is 5. The van der Waals surface area contributed by atoms with Crippen molar-refractivity contribution in [1.29, 1.82) is 0 Å². The second-order valence-electron chi connectivity index (χ2n) is 7.43. The first-order valence-electron chi connectivity index (χ1n) is 8.52. The van der Waals surface area contributed by atoms with Crippen LogP contribution >= 0.6 is 0 Å². The topological polar surface area (TPSA) is 70.2 Å². The van der Waals surface area contributed by atoms with E-state index in [-0.39, 0.29) is 31.0 Å². The van der Waals surface area contributed by atoms with Crippen molar-refractivity contribution in [2.24, 2.45) is 11.3 Å². The molecule has 4 rings (SSSR count). The highest BCUT2D eigenvalue weighted by Gasteiger charge is 2.56. The van der Waals surface area contributed by atoms with Crippen molar-refractivity contribution in [2.45, 2.75) is 19.9 Å². The van der Waals surface area contributed by atoms with Gasteiger partial charge in [0.05, 0.1) is 30.5 Å². The summed E-state index contributed by atoms with van der Waals surface area (Å²) in [5.74, 6) is -0.725. The quantitative estimate of drug-likeness (QED) is 0.812. The second kappa shape index (κ2) is 5.56. The predicted octanol–water partition coefficient (Wildman–Crippen LogP) is 1.42. The SMILES string of the molecule is CC1(C)CN2[C@H](c3ccccc3)[C@@H](C(=O)N3CCOC3=O)CN2C1=O. The lowest BCUT2D eigenvalue weighted by atomic mass is 9.88. The molecule has 3 saturated heterocycles. The maximum atomic E-state index is 13.0. The van der Waals surface area contributed by atoms with Gasteiger partial charge >= 0.3 is 6.09 Å². The van der Waals surface area contributed by atoms with Gasteiger partial charge in [-0.1, -0.05) is 30.3 Å². The van der Waals surface area contributed by atoms with Gasteiger partial charge in [0.15, 0.2) is 0 Å². The van der Waals surface area contributed by atoms with Crippen LogP contribution in [-0.4, -0.2) is 59.1 Å². The number of nitrogens with zero attached hydrogens (tertiary/aromatic N) is 3. The number of amides is 3. The first-order valence-corrected chi connectivity index (χ1v) is 8.52. The molecule has 0 spiro atoms. The van der Waals surface area contributed by atoms with Crippen molar-refractivity contribution in [1.82, 2.24) is 14.9 Å². The molecule has 132 valence electrons. The monoisotopic (exact) mass is 343 g/mol. The summed E-state index contributed by atoms with van der Waals surface area (Å²) in [6, 6.07) is 9.44. The van der Waals surface area contributed by atoms with E-state index in [0.717, 1.165) is 5.56 Å². The van der Waals surface area contributed by atoms with E-state index in [0.29, 0.717) is 13.1 Å². The van der Waals surface area contributed by atoms with E-state index in [1.54, 1.807) is 5.01 Å². The Kier molecular flexibility index (Phi) is 3.57. The van der Waals surface area contributed by atoms with Gasteiger partial charge in [0.25, 0.3) is 0 Å². The summed E-state index contributed by atoms with van der Waals surface area (Å²) in [5.41, 5.74) is 0.495. The molecule has 0 unspecified atom stereocenters. The molecule has 0 bridgehead atoms.